The molecular weight excluding hydrogens is 393 g/mol. The Balaban J connectivity index is 1.58. The first-order chi connectivity index (χ1) is 14.4. The van der Waals surface area contributed by atoms with E-state index in [1.54, 1.807) is 18.2 Å². The lowest BCUT2D eigenvalue weighted by molar-refractivity contribution is -0.137. The zero-order valence-corrected chi connectivity index (χ0v) is 16.2. The van der Waals surface area contributed by atoms with Crippen LogP contribution in [-0.4, -0.2) is 23.7 Å². The van der Waals surface area contributed by atoms with Crippen LogP contribution in [0.3, 0.4) is 0 Å². The van der Waals surface area contributed by atoms with Gasteiger partial charge in [0.15, 0.2) is 5.84 Å². The van der Waals surface area contributed by atoms with E-state index >= 15 is 0 Å². The molecule has 0 unspecified atom stereocenters. The molecule has 1 fully saturated rings. The third-order valence-electron chi connectivity index (χ3n) is 5.22. The van der Waals surface area contributed by atoms with Crippen molar-refractivity contribution in [2.24, 2.45) is 9.98 Å². The van der Waals surface area contributed by atoms with E-state index in [0.29, 0.717) is 17.0 Å². The summed E-state index contributed by atoms with van der Waals surface area (Å²) in [4.78, 5) is 21.1. The molecule has 1 saturated carbocycles. The summed E-state index contributed by atoms with van der Waals surface area (Å²) in [6.45, 7) is 0. The van der Waals surface area contributed by atoms with Gasteiger partial charge in [-0.15, -0.1) is 0 Å². The van der Waals surface area contributed by atoms with Crippen molar-refractivity contribution < 1.29 is 18.0 Å². The number of urea groups is 1. The van der Waals surface area contributed by atoms with Gasteiger partial charge >= 0.3 is 12.2 Å². The Morgan fingerprint density at radius 3 is 2.47 bits per heavy atom. The van der Waals surface area contributed by atoms with Crippen molar-refractivity contribution in [2.75, 3.05) is 0 Å². The first-order valence-electron chi connectivity index (χ1n) is 9.92. The molecule has 0 radical (unpaired) electrons. The minimum atomic E-state index is -4.45. The first-order valence-corrected chi connectivity index (χ1v) is 9.92. The highest BCUT2D eigenvalue weighted by molar-refractivity contribution is 6.25. The van der Waals surface area contributed by atoms with Crippen LogP contribution in [-0.2, 0) is 6.18 Å². The molecule has 1 aliphatic heterocycles. The minimum absolute atomic E-state index is 0.145. The zero-order valence-electron chi connectivity index (χ0n) is 16.2. The van der Waals surface area contributed by atoms with Crippen LogP contribution < -0.4 is 10.6 Å². The van der Waals surface area contributed by atoms with Crippen molar-refractivity contribution in [3.8, 4) is 0 Å². The normalized spacial score (nSPS) is 18.1. The maximum absolute atomic E-state index is 13.0. The molecule has 2 amide bonds. The number of amidine groups is 2. The number of carbonyl (C=O) groups is 1. The third kappa shape index (κ3) is 4.53. The van der Waals surface area contributed by atoms with Crippen LogP contribution in [0, 0.1) is 0 Å². The van der Waals surface area contributed by atoms with Gasteiger partial charge < -0.3 is 5.32 Å². The van der Waals surface area contributed by atoms with E-state index in [0.717, 1.165) is 37.8 Å². The largest absolute Gasteiger partial charge is 0.416 e. The van der Waals surface area contributed by atoms with E-state index in [1.165, 1.54) is 18.6 Å². The van der Waals surface area contributed by atoms with Crippen LogP contribution in [0.15, 0.2) is 58.5 Å². The lowest BCUT2D eigenvalue weighted by Crippen LogP contribution is -2.45. The number of alkyl halides is 3. The van der Waals surface area contributed by atoms with Crippen LogP contribution in [0.4, 0.5) is 23.7 Å². The first kappa shape index (κ1) is 20.1. The van der Waals surface area contributed by atoms with Crippen molar-refractivity contribution in [1.82, 2.24) is 10.6 Å². The van der Waals surface area contributed by atoms with Gasteiger partial charge in [0, 0.05) is 17.2 Å². The summed E-state index contributed by atoms with van der Waals surface area (Å²) in [5.41, 5.74) is 0.709. The quantitative estimate of drug-likeness (QED) is 0.699. The number of nitrogens with one attached hydrogen (secondary N) is 2. The van der Waals surface area contributed by atoms with Crippen molar-refractivity contribution >= 4 is 23.4 Å². The number of benzene rings is 2. The van der Waals surface area contributed by atoms with E-state index in [-0.39, 0.29) is 23.6 Å². The van der Waals surface area contributed by atoms with Crippen LogP contribution in [0.25, 0.3) is 0 Å². The molecule has 4 rings (SSSR count). The third-order valence-corrected chi connectivity index (χ3v) is 5.22. The fourth-order valence-corrected chi connectivity index (χ4v) is 3.74. The fourth-order valence-electron chi connectivity index (χ4n) is 3.74. The maximum Gasteiger partial charge on any atom is 0.416 e. The molecule has 1 heterocycles. The highest BCUT2D eigenvalue weighted by atomic mass is 19.4. The highest BCUT2D eigenvalue weighted by Crippen LogP contribution is 2.32. The van der Waals surface area contributed by atoms with Crippen LogP contribution >= 0.6 is 0 Å². The molecule has 2 N–H and O–H groups in total. The molecular formula is C22H21F3N4O. The van der Waals surface area contributed by atoms with Gasteiger partial charge in [-0.05, 0) is 31.0 Å². The molecule has 8 heteroatoms. The molecule has 2 aromatic rings. The smallest absolute Gasteiger partial charge is 0.335 e. The lowest BCUT2D eigenvalue weighted by Gasteiger charge is -2.22. The summed E-state index contributed by atoms with van der Waals surface area (Å²) in [6.07, 6.45) is 0.856. The number of halogens is 3. The molecule has 30 heavy (non-hydrogen) atoms. The Labute approximate surface area is 172 Å². The Morgan fingerprint density at radius 2 is 1.73 bits per heavy atom. The average molecular weight is 414 g/mol. The fraction of sp³-hybridized carbons (Fsp3) is 0.318. The summed E-state index contributed by atoms with van der Waals surface area (Å²) in [5, 5.41) is 5.74. The summed E-state index contributed by atoms with van der Waals surface area (Å²) >= 11 is 0. The number of hydrogen-bond acceptors (Lipinski definition) is 2. The topological polar surface area (TPSA) is 65.8 Å². The molecule has 0 aromatic heterocycles. The molecule has 0 bridgehead atoms. The molecule has 2 aromatic carbocycles. The predicted molar refractivity (Wildman–Crippen MR) is 109 cm³/mol. The van der Waals surface area contributed by atoms with Crippen LogP contribution in [0.5, 0.6) is 0 Å². The SMILES string of the molecule is O=C(NC1=NC(=Nc2cccc(C(F)(F)F)c2)c2ccccc21)NC1CCCCC1. The monoisotopic (exact) mass is 414 g/mol. The number of nitrogens with zero attached hydrogens (tertiary/aromatic N) is 2. The molecule has 2 aliphatic rings. The molecule has 0 atom stereocenters. The van der Waals surface area contributed by atoms with E-state index in [2.05, 4.69) is 20.6 Å². The Bertz CT molecular complexity index is 1010. The number of aliphatic imine (C=N–C) groups is 2. The summed E-state index contributed by atoms with van der Waals surface area (Å²) in [7, 11) is 0. The second-order valence-electron chi connectivity index (χ2n) is 7.42. The van der Waals surface area contributed by atoms with Gasteiger partial charge in [0.25, 0.3) is 0 Å². The number of amides is 2. The number of carbonyl (C=O) groups excluding carboxylic acids is 1. The van der Waals surface area contributed by atoms with E-state index in [4.69, 9.17) is 0 Å². The summed E-state index contributed by atoms with van der Waals surface area (Å²) in [6, 6.07) is 11.8. The Morgan fingerprint density at radius 1 is 1.00 bits per heavy atom. The van der Waals surface area contributed by atoms with Gasteiger partial charge in [-0.1, -0.05) is 49.6 Å². The van der Waals surface area contributed by atoms with Gasteiger partial charge in [-0.2, -0.15) is 13.2 Å². The highest BCUT2D eigenvalue weighted by Gasteiger charge is 2.30. The van der Waals surface area contributed by atoms with Crippen molar-refractivity contribution in [1.29, 1.82) is 0 Å². The van der Waals surface area contributed by atoms with E-state index in [9.17, 15) is 18.0 Å². The summed E-state index contributed by atoms with van der Waals surface area (Å²) < 4.78 is 39.0. The second-order valence-corrected chi connectivity index (χ2v) is 7.42. The molecule has 0 saturated heterocycles. The molecule has 1 aliphatic carbocycles. The number of hydrogen-bond donors (Lipinski definition) is 2. The Kier molecular flexibility index (Phi) is 5.57. The molecule has 0 spiro atoms. The Hall–Kier alpha value is -3.16. The zero-order chi connectivity index (χ0) is 21.1. The minimum Gasteiger partial charge on any atom is -0.335 e. The standard InChI is InChI=1S/C22H21F3N4O/c23-22(24,25)14-7-6-10-16(13-14)26-19-17-11-4-5-12-18(17)20(28-19)29-21(30)27-15-8-2-1-3-9-15/h4-7,10-13,15H,1-3,8-9H2,(H2,26,27,28,29,30). The predicted octanol–water partition coefficient (Wildman–Crippen LogP) is 5.18. The second kappa shape index (κ2) is 8.30. The van der Waals surface area contributed by atoms with Gasteiger partial charge in [0.2, 0.25) is 0 Å². The number of fused-ring (bicyclic) bond motifs is 1. The number of rotatable bonds is 2. The van der Waals surface area contributed by atoms with Crippen LogP contribution in [0.2, 0.25) is 0 Å². The van der Waals surface area contributed by atoms with Gasteiger partial charge in [-0.3, -0.25) is 5.32 Å². The average Bonchev–Trinajstić information content (AvgIpc) is 3.05. The lowest BCUT2D eigenvalue weighted by atomic mass is 9.96. The van der Waals surface area contributed by atoms with Crippen molar-refractivity contribution in [2.45, 2.75) is 44.3 Å². The van der Waals surface area contributed by atoms with Gasteiger partial charge in [0.05, 0.1) is 11.3 Å². The van der Waals surface area contributed by atoms with E-state index in [1.807, 2.05) is 6.07 Å². The van der Waals surface area contributed by atoms with Crippen LogP contribution in [0.1, 0.15) is 48.8 Å². The van der Waals surface area contributed by atoms with Crippen molar-refractivity contribution in [3.63, 3.8) is 0 Å². The summed E-state index contributed by atoms with van der Waals surface area (Å²) in [5.74, 6) is 0.600. The van der Waals surface area contributed by atoms with Crippen molar-refractivity contribution in [3.05, 3.63) is 65.2 Å². The molecule has 5 nitrogen and oxygen atoms in total. The van der Waals surface area contributed by atoms with Gasteiger partial charge in [-0.25, -0.2) is 14.8 Å². The molecule has 156 valence electrons. The van der Waals surface area contributed by atoms with Gasteiger partial charge in [0.1, 0.15) is 5.84 Å². The maximum atomic E-state index is 13.0. The van der Waals surface area contributed by atoms with E-state index < -0.39 is 11.7 Å².